The Morgan fingerprint density at radius 2 is 1.08 bits per heavy atom. The summed E-state index contributed by atoms with van der Waals surface area (Å²) in [7, 11) is -12.5. The fraction of sp³-hybridized carbons (Fsp3) is 0. The Bertz CT molecular complexity index is 364. The third kappa shape index (κ3) is 2.77. The zero-order chi connectivity index (χ0) is 10.2. The van der Waals surface area contributed by atoms with Gasteiger partial charge < -0.3 is 0 Å². The van der Waals surface area contributed by atoms with E-state index in [1.165, 1.54) is 0 Å². The summed E-state index contributed by atoms with van der Waals surface area (Å²) < 4.78 is 81.1. The molecule has 0 amide bonds. The maximum Gasteiger partial charge on any atom is 0.351 e. The zero-order valence-electron chi connectivity index (χ0n) is 4.96. The van der Waals surface area contributed by atoms with Gasteiger partial charge in [-0.15, -0.1) is 0 Å². The second-order valence-corrected chi connectivity index (χ2v) is 4.25. The molecule has 0 spiro atoms. The van der Waals surface area contributed by atoms with Gasteiger partial charge in [-0.25, -0.2) is 0 Å². The minimum Gasteiger partial charge on any atom is -0.188 e. The number of rotatable bonds is 2. The highest BCUT2D eigenvalue weighted by Gasteiger charge is 2.36. The predicted octanol–water partition coefficient (Wildman–Crippen LogP) is 0.651. The fourth-order valence-corrected chi connectivity index (χ4v) is 1.62. The van der Waals surface area contributed by atoms with E-state index >= 15 is 0 Å². The molecule has 0 aromatic carbocycles. The van der Waals surface area contributed by atoms with E-state index in [0.717, 1.165) is 0 Å². The highest BCUT2D eigenvalue weighted by Crippen LogP contribution is 2.23. The molecular weight excluding hydrogens is 228 g/mol. The van der Waals surface area contributed by atoms with Gasteiger partial charge in [-0.3, -0.25) is 0 Å². The molecule has 0 fully saturated rings. The topological polar surface area (TPSA) is 68.3 Å². The Morgan fingerprint density at radius 1 is 0.833 bits per heavy atom. The van der Waals surface area contributed by atoms with Crippen LogP contribution >= 0.6 is 0 Å². The van der Waals surface area contributed by atoms with Crippen LogP contribution in [0.3, 0.4) is 0 Å². The highest BCUT2D eigenvalue weighted by atomic mass is 32.3. The molecule has 0 N–H and O–H groups in total. The molecule has 0 unspecified atom stereocenters. The minimum absolute atomic E-state index is 3.14. The first-order valence-electron chi connectivity index (χ1n) is 2.01. The van der Waals surface area contributed by atoms with E-state index in [-0.39, 0.29) is 0 Å². The number of halogens is 4. The highest BCUT2D eigenvalue weighted by molar-refractivity contribution is 8.10. The van der Waals surface area contributed by atoms with Crippen molar-refractivity contribution in [3.63, 3.8) is 0 Å². The predicted molar refractivity (Wildman–Crippen MR) is 29.3 cm³/mol. The standard InChI is InChI=1S/C2F4O4S2/c3-1(4)2(11(5,7)8)12(6,9)10. The summed E-state index contributed by atoms with van der Waals surface area (Å²) in [5.41, 5.74) is 0. The second kappa shape index (κ2) is 3.01. The molecule has 0 aromatic rings. The Kier molecular flexibility index (Phi) is 2.85. The molecule has 12 heavy (non-hydrogen) atoms. The molecule has 0 aliphatic carbocycles. The maximum atomic E-state index is 11.6. The maximum absolute atomic E-state index is 11.6. The summed E-state index contributed by atoms with van der Waals surface area (Å²) in [5, 5.41) is 0. The lowest BCUT2D eigenvalue weighted by molar-refractivity contribution is 0.417. The average molecular weight is 228 g/mol. The minimum atomic E-state index is -6.26. The summed E-state index contributed by atoms with van der Waals surface area (Å²) in [4.78, 5) is 0. The summed E-state index contributed by atoms with van der Waals surface area (Å²) >= 11 is 0. The van der Waals surface area contributed by atoms with Crippen molar-refractivity contribution >= 4 is 20.4 Å². The summed E-state index contributed by atoms with van der Waals surface area (Å²) in [6, 6.07) is 0. The molecular formula is C2F4O4S2. The Balaban J connectivity index is 5.80. The first kappa shape index (κ1) is 11.4. The molecule has 0 bridgehead atoms. The molecule has 0 rings (SSSR count). The van der Waals surface area contributed by atoms with E-state index in [1.807, 2.05) is 0 Å². The van der Waals surface area contributed by atoms with Crippen LogP contribution in [0.1, 0.15) is 0 Å². The molecule has 0 saturated heterocycles. The van der Waals surface area contributed by atoms with Crippen LogP contribution in [-0.4, -0.2) is 16.8 Å². The van der Waals surface area contributed by atoms with Crippen LogP contribution < -0.4 is 0 Å². The van der Waals surface area contributed by atoms with Crippen molar-refractivity contribution in [1.82, 2.24) is 0 Å². The lowest BCUT2D eigenvalue weighted by Gasteiger charge is -1.92. The molecule has 0 aliphatic heterocycles. The Morgan fingerprint density at radius 3 is 1.08 bits per heavy atom. The van der Waals surface area contributed by atoms with Crippen molar-refractivity contribution in [2.75, 3.05) is 0 Å². The Hall–Kier alpha value is -0.640. The summed E-state index contributed by atoms with van der Waals surface area (Å²) in [5.74, 6) is 0. The van der Waals surface area contributed by atoms with E-state index < -0.39 is 30.8 Å². The second-order valence-electron chi connectivity index (χ2n) is 1.42. The van der Waals surface area contributed by atoms with Crippen LogP contribution in [-0.2, 0) is 20.4 Å². The van der Waals surface area contributed by atoms with Gasteiger partial charge in [-0.1, -0.05) is 7.77 Å². The van der Waals surface area contributed by atoms with Crippen molar-refractivity contribution in [3.05, 3.63) is 10.3 Å². The lowest BCUT2D eigenvalue weighted by atomic mass is 11.1. The molecule has 10 heteroatoms. The van der Waals surface area contributed by atoms with Gasteiger partial charge in [0.25, 0.3) is 4.24 Å². The van der Waals surface area contributed by atoms with E-state index in [2.05, 4.69) is 0 Å². The van der Waals surface area contributed by atoms with Crippen LogP contribution in [0.4, 0.5) is 16.6 Å². The van der Waals surface area contributed by atoms with Crippen LogP contribution in [0.2, 0.25) is 0 Å². The van der Waals surface area contributed by atoms with Gasteiger partial charge in [-0.2, -0.15) is 25.6 Å². The molecule has 0 heterocycles. The number of hydrogen-bond donors (Lipinski definition) is 0. The third-order valence-electron chi connectivity index (χ3n) is 0.597. The van der Waals surface area contributed by atoms with Gasteiger partial charge in [0.05, 0.1) is 0 Å². The van der Waals surface area contributed by atoms with Gasteiger partial charge in [0.2, 0.25) is 0 Å². The fourth-order valence-electron chi connectivity index (χ4n) is 0.303. The Labute approximate surface area is 64.9 Å². The van der Waals surface area contributed by atoms with Gasteiger partial charge >= 0.3 is 26.5 Å². The summed E-state index contributed by atoms with van der Waals surface area (Å²) in [6.07, 6.45) is -3.46. The lowest BCUT2D eigenvalue weighted by Crippen LogP contribution is -2.06. The molecule has 72 valence electrons. The van der Waals surface area contributed by atoms with Crippen molar-refractivity contribution in [1.29, 1.82) is 0 Å². The molecule has 0 atom stereocenters. The normalized spacial score (nSPS) is 12.7. The van der Waals surface area contributed by atoms with E-state index in [9.17, 15) is 33.4 Å². The SMILES string of the molecule is O=S(=O)(F)C(=C(F)F)S(=O)(=O)F. The quantitative estimate of drug-likeness (QED) is 0.514. The monoisotopic (exact) mass is 228 g/mol. The summed E-state index contributed by atoms with van der Waals surface area (Å²) in [6.45, 7) is 0. The van der Waals surface area contributed by atoms with Crippen molar-refractivity contribution < 1.29 is 33.4 Å². The van der Waals surface area contributed by atoms with E-state index in [4.69, 9.17) is 0 Å². The van der Waals surface area contributed by atoms with Crippen molar-refractivity contribution in [3.8, 4) is 0 Å². The van der Waals surface area contributed by atoms with Crippen LogP contribution in [0.25, 0.3) is 0 Å². The molecule has 0 aliphatic rings. The largest absolute Gasteiger partial charge is 0.351 e. The first-order chi connectivity index (χ1) is 5.07. The van der Waals surface area contributed by atoms with E-state index in [0.29, 0.717) is 0 Å². The van der Waals surface area contributed by atoms with Gasteiger partial charge in [0, 0.05) is 0 Å². The first-order valence-corrected chi connectivity index (χ1v) is 4.78. The van der Waals surface area contributed by atoms with Crippen LogP contribution in [0.5, 0.6) is 0 Å². The van der Waals surface area contributed by atoms with E-state index in [1.54, 1.807) is 0 Å². The smallest absolute Gasteiger partial charge is 0.188 e. The van der Waals surface area contributed by atoms with Crippen molar-refractivity contribution in [2.24, 2.45) is 0 Å². The molecule has 4 nitrogen and oxygen atoms in total. The van der Waals surface area contributed by atoms with Crippen LogP contribution in [0, 0.1) is 0 Å². The average Bonchev–Trinajstić information content (AvgIpc) is 1.49. The zero-order valence-corrected chi connectivity index (χ0v) is 6.59. The molecule has 0 radical (unpaired) electrons. The van der Waals surface area contributed by atoms with Gasteiger partial charge in [0.15, 0.2) is 0 Å². The van der Waals surface area contributed by atoms with Crippen LogP contribution in [0.15, 0.2) is 10.3 Å². The van der Waals surface area contributed by atoms with Crippen molar-refractivity contribution in [2.45, 2.75) is 0 Å². The molecule has 0 saturated carbocycles. The van der Waals surface area contributed by atoms with Gasteiger partial charge in [0.1, 0.15) is 0 Å². The molecule has 0 aromatic heterocycles. The third-order valence-corrected chi connectivity index (χ3v) is 2.99. The number of hydrogen-bond acceptors (Lipinski definition) is 4. The van der Waals surface area contributed by atoms with Gasteiger partial charge in [-0.05, 0) is 0 Å².